The first-order valence-electron chi connectivity index (χ1n) is 8.10. The van der Waals surface area contributed by atoms with Gasteiger partial charge in [0.05, 0.1) is 15.6 Å². The second-order valence-electron chi connectivity index (χ2n) is 5.44. The van der Waals surface area contributed by atoms with Crippen LogP contribution in [0, 0.1) is 0 Å². The zero-order valence-corrected chi connectivity index (χ0v) is 16.1. The molecule has 8 heteroatoms. The summed E-state index contributed by atoms with van der Waals surface area (Å²) in [7, 11) is -3.88. The van der Waals surface area contributed by atoms with E-state index in [0.717, 1.165) is 18.6 Å². The topological polar surface area (TPSA) is 87.6 Å². The van der Waals surface area contributed by atoms with Crippen LogP contribution >= 0.6 is 11.6 Å². The molecule has 0 saturated heterocycles. The highest BCUT2D eigenvalue weighted by atomic mass is 35.5. The van der Waals surface area contributed by atoms with Gasteiger partial charge in [0.25, 0.3) is 15.9 Å². The molecule has 0 aliphatic rings. The Morgan fingerprint density at radius 3 is 2.42 bits per heavy atom. The number of sulfonamides is 1. The van der Waals surface area contributed by atoms with Gasteiger partial charge in [-0.25, -0.2) is 13.8 Å². The number of hydrazone groups is 1. The average molecular weight is 394 g/mol. The van der Waals surface area contributed by atoms with Crippen molar-refractivity contribution in [1.82, 2.24) is 5.43 Å². The lowest BCUT2D eigenvalue weighted by atomic mass is 10.2. The Labute approximate surface area is 158 Å². The van der Waals surface area contributed by atoms with E-state index in [2.05, 4.69) is 15.2 Å². The number of carbonyl (C=O) groups is 1. The molecule has 2 aromatic carbocycles. The third-order valence-corrected chi connectivity index (χ3v) is 5.35. The van der Waals surface area contributed by atoms with Crippen molar-refractivity contribution in [3.8, 4) is 0 Å². The predicted octanol–water partition coefficient (Wildman–Crippen LogP) is 4.05. The fourth-order valence-electron chi connectivity index (χ4n) is 2.15. The maximum Gasteiger partial charge on any atom is 0.271 e. The fourth-order valence-corrected chi connectivity index (χ4v) is 3.52. The van der Waals surface area contributed by atoms with E-state index in [1.54, 1.807) is 24.3 Å². The lowest BCUT2D eigenvalue weighted by Gasteiger charge is -2.10. The molecule has 2 aromatic rings. The number of halogens is 1. The summed E-state index contributed by atoms with van der Waals surface area (Å²) < 4.78 is 27.5. The van der Waals surface area contributed by atoms with E-state index in [1.165, 1.54) is 24.3 Å². The second kappa shape index (κ2) is 8.82. The molecule has 2 N–H and O–H groups in total. The average Bonchev–Trinajstić information content (AvgIpc) is 2.64. The molecular weight excluding hydrogens is 374 g/mol. The first-order chi connectivity index (χ1) is 12.4. The lowest BCUT2D eigenvalue weighted by molar-refractivity contribution is 0.0954. The highest BCUT2D eigenvalue weighted by molar-refractivity contribution is 7.92. The molecule has 0 saturated carbocycles. The van der Waals surface area contributed by atoms with E-state index in [-0.39, 0.29) is 21.2 Å². The highest BCUT2D eigenvalue weighted by Crippen LogP contribution is 2.24. The van der Waals surface area contributed by atoms with E-state index < -0.39 is 15.9 Å². The standard InChI is InChI=1S/C18H20ClN3O3S/c1-3-14(4-2)20-21-18(23)13-8-7-9-15(12-13)26(24,25)22-17-11-6-5-10-16(17)19/h5-12,22H,3-4H2,1-2H3,(H,21,23). The molecule has 0 heterocycles. The molecule has 0 aliphatic carbocycles. The van der Waals surface area contributed by atoms with Crippen molar-refractivity contribution in [3.05, 3.63) is 59.1 Å². The summed E-state index contributed by atoms with van der Waals surface area (Å²) in [5, 5.41) is 4.33. The zero-order valence-electron chi connectivity index (χ0n) is 14.5. The van der Waals surface area contributed by atoms with E-state index in [9.17, 15) is 13.2 Å². The summed E-state index contributed by atoms with van der Waals surface area (Å²) in [5.74, 6) is -0.473. The van der Waals surface area contributed by atoms with Crippen molar-refractivity contribution in [1.29, 1.82) is 0 Å². The van der Waals surface area contributed by atoms with Gasteiger partial charge in [-0.05, 0) is 43.2 Å². The van der Waals surface area contributed by atoms with E-state index in [0.29, 0.717) is 0 Å². The number of hydrogen-bond donors (Lipinski definition) is 2. The Bertz CT molecular complexity index is 921. The summed E-state index contributed by atoms with van der Waals surface area (Å²) in [6, 6.07) is 12.2. The molecule has 0 unspecified atom stereocenters. The number of nitrogens with one attached hydrogen (secondary N) is 2. The van der Waals surface area contributed by atoms with Crippen LogP contribution in [-0.4, -0.2) is 20.0 Å². The smallest absolute Gasteiger partial charge is 0.271 e. The molecule has 0 bridgehead atoms. The van der Waals surface area contributed by atoms with Crippen molar-refractivity contribution < 1.29 is 13.2 Å². The Hall–Kier alpha value is -2.38. The number of para-hydroxylation sites is 1. The van der Waals surface area contributed by atoms with Crippen molar-refractivity contribution in [2.75, 3.05) is 4.72 Å². The maximum absolute atomic E-state index is 12.6. The van der Waals surface area contributed by atoms with Crippen LogP contribution < -0.4 is 10.1 Å². The van der Waals surface area contributed by atoms with Crippen LogP contribution in [-0.2, 0) is 10.0 Å². The van der Waals surface area contributed by atoms with Crippen LogP contribution in [0.3, 0.4) is 0 Å². The summed E-state index contributed by atoms with van der Waals surface area (Å²) >= 11 is 5.99. The minimum Gasteiger partial charge on any atom is -0.278 e. The molecule has 0 radical (unpaired) electrons. The van der Waals surface area contributed by atoms with Gasteiger partial charge < -0.3 is 0 Å². The van der Waals surface area contributed by atoms with Crippen LogP contribution in [0.2, 0.25) is 5.02 Å². The van der Waals surface area contributed by atoms with Gasteiger partial charge in [-0.15, -0.1) is 0 Å². The summed E-state index contributed by atoms with van der Waals surface area (Å²) in [6.45, 7) is 3.89. The number of carbonyl (C=O) groups excluding carboxylic acids is 1. The summed E-state index contributed by atoms with van der Waals surface area (Å²) in [6.07, 6.45) is 1.46. The number of benzene rings is 2. The third kappa shape index (κ3) is 5.06. The number of anilines is 1. The predicted molar refractivity (Wildman–Crippen MR) is 104 cm³/mol. The molecule has 0 aromatic heterocycles. The van der Waals surface area contributed by atoms with Gasteiger partial charge in [-0.2, -0.15) is 5.10 Å². The Morgan fingerprint density at radius 1 is 1.08 bits per heavy atom. The monoisotopic (exact) mass is 393 g/mol. The summed E-state index contributed by atoms with van der Waals surface area (Å²) in [5.41, 5.74) is 3.76. The minimum atomic E-state index is -3.88. The quantitative estimate of drug-likeness (QED) is 0.549. The summed E-state index contributed by atoms with van der Waals surface area (Å²) in [4.78, 5) is 12.2. The molecule has 0 fully saturated rings. The Kier molecular flexibility index (Phi) is 6.76. The van der Waals surface area contributed by atoms with Crippen LogP contribution in [0.1, 0.15) is 37.0 Å². The van der Waals surface area contributed by atoms with Crippen molar-refractivity contribution >= 4 is 38.9 Å². The normalized spacial score (nSPS) is 10.9. The van der Waals surface area contributed by atoms with Crippen molar-refractivity contribution in [2.24, 2.45) is 5.10 Å². The van der Waals surface area contributed by atoms with Crippen LogP contribution in [0.15, 0.2) is 58.5 Å². The van der Waals surface area contributed by atoms with Gasteiger partial charge in [0.2, 0.25) is 0 Å². The molecule has 2 rings (SSSR count). The minimum absolute atomic E-state index is 0.0414. The lowest BCUT2D eigenvalue weighted by Crippen LogP contribution is -2.20. The van der Waals surface area contributed by atoms with Crippen molar-refractivity contribution in [2.45, 2.75) is 31.6 Å². The molecule has 26 heavy (non-hydrogen) atoms. The van der Waals surface area contributed by atoms with Gasteiger partial charge in [0, 0.05) is 11.3 Å². The van der Waals surface area contributed by atoms with E-state index in [4.69, 9.17) is 11.6 Å². The Balaban J connectivity index is 2.24. The van der Waals surface area contributed by atoms with Gasteiger partial charge >= 0.3 is 0 Å². The van der Waals surface area contributed by atoms with Gasteiger partial charge in [-0.1, -0.05) is 43.6 Å². The first kappa shape index (κ1) is 19.9. The molecule has 6 nitrogen and oxygen atoms in total. The number of amides is 1. The number of nitrogens with zero attached hydrogens (tertiary/aromatic N) is 1. The molecule has 138 valence electrons. The van der Waals surface area contributed by atoms with Crippen LogP contribution in [0.25, 0.3) is 0 Å². The Morgan fingerprint density at radius 2 is 1.77 bits per heavy atom. The first-order valence-corrected chi connectivity index (χ1v) is 9.96. The van der Waals surface area contributed by atoms with Crippen LogP contribution in [0.5, 0.6) is 0 Å². The van der Waals surface area contributed by atoms with E-state index >= 15 is 0 Å². The van der Waals surface area contributed by atoms with Crippen molar-refractivity contribution in [3.63, 3.8) is 0 Å². The second-order valence-corrected chi connectivity index (χ2v) is 7.53. The number of rotatable bonds is 7. The van der Waals surface area contributed by atoms with Crippen LogP contribution in [0.4, 0.5) is 5.69 Å². The molecule has 0 spiro atoms. The number of hydrogen-bond acceptors (Lipinski definition) is 4. The van der Waals surface area contributed by atoms with Gasteiger partial charge in [0.15, 0.2) is 0 Å². The van der Waals surface area contributed by atoms with E-state index in [1.807, 2.05) is 13.8 Å². The maximum atomic E-state index is 12.6. The highest BCUT2D eigenvalue weighted by Gasteiger charge is 2.17. The molecule has 1 amide bonds. The van der Waals surface area contributed by atoms with Gasteiger partial charge in [-0.3, -0.25) is 9.52 Å². The molecule has 0 atom stereocenters. The third-order valence-electron chi connectivity index (χ3n) is 3.66. The molecular formula is C18H20ClN3O3S. The zero-order chi connectivity index (χ0) is 19.2. The fraction of sp³-hybridized carbons (Fsp3) is 0.222. The molecule has 0 aliphatic heterocycles. The largest absolute Gasteiger partial charge is 0.278 e. The van der Waals surface area contributed by atoms with Gasteiger partial charge in [0.1, 0.15) is 0 Å². The SMILES string of the molecule is CCC(CC)=NNC(=O)c1cccc(S(=O)(=O)Nc2ccccc2Cl)c1.